The largest absolute Gasteiger partial charge is 0.366 e. The molecule has 0 aliphatic carbocycles. The van der Waals surface area contributed by atoms with Gasteiger partial charge >= 0.3 is 0 Å². The average Bonchev–Trinajstić information content (AvgIpc) is 2.16. The van der Waals surface area contributed by atoms with Crippen molar-refractivity contribution in [3.05, 3.63) is 0 Å². The highest BCUT2D eigenvalue weighted by atomic mass is 35.5. The quantitative estimate of drug-likeness (QED) is 0.686. The van der Waals surface area contributed by atoms with Crippen LogP contribution in [-0.2, 0) is 9.53 Å². The summed E-state index contributed by atoms with van der Waals surface area (Å²) in [6.45, 7) is 3.16. The van der Waals surface area contributed by atoms with Crippen LogP contribution in [0.15, 0.2) is 0 Å². The first-order valence-electron chi connectivity index (χ1n) is 4.72. The van der Waals surface area contributed by atoms with Gasteiger partial charge in [-0.2, -0.15) is 0 Å². The monoisotopic (exact) mass is 241 g/mol. The summed E-state index contributed by atoms with van der Waals surface area (Å²) in [5.41, 5.74) is -1.57. The molecular formula is C9H14ClF2NO2. The molecule has 0 aromatic carbocycles. The van der Waals surface area contributed by atoms with Gasteiger partial charge in [0.1, 0.15) is 11.0 Å². The molecule has 6 heteroatoms. The van der Waals surface area contributed by atoms with Gasteiger partial charge in [0.2, 0.25) is 5.91 Å². The minimum absolute atomic E-state index is 0.111. The molecule has 15 heavy (non-hydrogen) atoms. The fourth-order valence-corrected chi connectivity index (χ4v) is 1.60. The maximum atomic E-state index is 12.6. The highest BCUT2D eigenvalue weighted by Gasteiger charge is 2.42. The molecule has 2 unspecified atom stereocenters. The van der Waals surface area contributed by atoms with E-state index in [1.54, 1.807) is 0 Å². The fourth-order valence-electron chi connectivity index (χ4n) is 1.46. The highest BCUT2D eigenvalue weighted by molar-refractivity contribution is 6.30. The molecule has 0 radical (unpaired) electrons. The number of amides is 1. The van der Waals surface area contributed by atoms with E-state index in [1.165, 1.54) is 18.7 Å². The maximum Gasteiger partial charge on any atom is 0.268 e. The molecule has 0 spiro atoms. The van der Waals surface area contributed by atoms with Crippen LogP contribution >= 0.6 is 11.6 Å². The predicted molar refractivity (Wildman–Crippen MR) is 52.3 cm³/mol. The van der Waals surface area contributed by atoms with Crippen molar-refractivity contribution < 1.29 is 18.3 Å². The first-order valence-corrected chi connectivity index (χ1v) is 5.15. The molecule has 2 atom stereocenters. The zero-order chi connectivity index (χ0) is 11.6. The van der Waals surface area contributed by atoms with E-state index in [4.69, 9.17) is 16.3 Å². The van der Waals surface area contributed by atoms with E-state index in [-0.39, 0.29) is 19.1 Å². The van der Waals surface area contributed by atoms with Crippen LogP contribution in [0.25, 0.3) is 0 Å². The Morgan fingerprint density at radius 2 is 2.20 bits per heavy atom. The standard InChI is InChI=1S/C9H14ClF2NO2/c1-6(10)7(14)13-3-4-15-9(2,5-13)8(11)12/h6,8H,3-5H2,1-2H3. The van der Waals surface area contributed by atoms with Crippen LogP contribution in [0.3, 0.4) is 0 Å². The second kappa shape index (κ2) is 4.61. The number of alkyl halides is 3. The van der Waals surface area contributed by atoms with E-state index >= 15 is 0 Å². The molecule has 3 nitrogen and oxygen atoms in total. The summed E-state index contributed by atoms with van der Waals surface area (Å²) in [6.07, 6.45) is -2.61. The number of hydrogen-bond acceptors (Lipinski definition) is 2. The zero-order valence-corrected chi connectivity index (χ0v) is 9.43. The average molecular weight is 242 g/mol. The number of morpholine rings is 1. The summed E-state index contributed by atoms with van der Waals surface area (Å²) in [7, 11) is 0. The van der Waals surface area contributed by atoms with Gasteiger partial charge in [0.15, 0.2) is 0 Å². The van der Waals surface area contributed by atoms with Gasteiger partial charge in [0, 0.05) is 6.54 Å². The number of carbonyl (C=O) groups is 1. The highest BCUT2D eigenvalue weighted by Crippen LogP contribution is 2.25. The Bertz CT molecular complexity index is 250. The number of hydrogen-bond donors (Lipinski definition) is 0. The van der Waals surface area contributed by atoms with E-state index in [0.29, 0.717) is 6.54 Å². The third kappa shape index (κ3) is 2.78. The molecular weight excluding hydrogens is 228 g/mol. The lowest BCUT2D eigenvalue weighted by Crippen LogP contribution is -2.56. The Morgan fingerprint density at radius 1 is 1.60 bits per heavy atom. The smallest absolute Gasteiger partial charge is 0.268 e. The summed E-state index contributed by atoms with van der Waals surface area (Å²) in [5.74, 6) is -0.327. The van der Waals surface area contributed by atoms with Gasteiger partial charge in [0.25, 0.3) is 6.43 Å². The Hall–Kier alpha value is -0.420. The van der Waals surface area contributed by atoms with Crippen LogP contribution in [-0.4, -0.2) is 47.9 Å². The van der Waals surface area contributed by atoms with Gasteiger partial charge in [-0.3, -0.25) is 4.79 Å². The lowest BCUT2D eigenvalue weighted by atomic mass is 10.1. The molecule has 1 amide bonds. The van der Waals surface area contributed by atoms with Crippen molar-refractivity contribution in [3.63, 3.8) is 0 Å². The van der Waals surface area contributed by atoms with Crippen LogP contribution in [0.2, 0.25) is 0 Å². The molecule has 1 fully saturated rings. The van der Waals surface area contributed by atoms with Gasteiger partial charge in [-0.05, 0) is 13.8 Å². The van der Waals surface area contributed by atoms with E-state index in [1.807, 2.05) is 0 Å². The van der Waals surface area contributed by atoms with Crippen LogP contribution in [0.1, 0.15) is 13.8 Å². The van der Waals surface area contributed by atoms with Gasteiger partial charge in [-0.25, -0.2) is 8.78 Å². The van der Waals surface area contributed by atoms with E-state index in [2.05, 4.69) is 0 Å². The summed E-state index contributed by atoms with van der Waals surface area (Å²) >= 11 is 5.61. The van der Waals surface area contributed by atoms with Crippen LogP contribution in [0.4, 0.5) is 8.78 Å². The molecule has 1 rings (SSSR count). The van der Waals surface area contributed by atoms with Crippen molar-refractivity contribution in [2.45, 2.75) is 31.3 Å². The Labute approximate surface area is 92.3 Å². The fraction of sp³-hybridized carbons (Fsp3) is 0.889. The van der Waals surface area contributed by atoms with Crippen molar-refractivity contribution in [2.75, 3.05) is 19.7 Å². The lowest BCUT2D eigenvalue weighted by molar-refractivity contribution is -0.178. The van der Waals surface area contributed by atoms with Gasteiger partial charge in [-0.15, -0.1) is 11.6 Å². The van der Waals surface area contributed by atoms with E-state index in [0.717, 1.165) is 0 Å². The molecule has 0 N–H and O–H groups in total. The molecule has 0 saturated carbocycles. The van der Waals surface area contributed by atoms with Crippen LogP contribution in [0, 0.1) is 0 Å². The predicted octanol–water partition coefficient (Wildman–Crippen LogP) is 1.50. The van der Waals surface area contributed by atoms with Crippen molar-refractivity contribution in [2.24, 2.45) is 0 Å². The van der Waals surface area contributed by atoms with Crippen LogP contribution in [0.5, 0.6) is 0 Å². The second-order valence-corrected chi connectivity index (χ2v) is 4.49. The molecule has 0 aromatic rings. The lowest BCUT2D eigenvalue weighted by Gasteiger charge is -2.40. The zero-order valence-electron chi connectivity index (χ0n) is 8.67. The van der Waals surface area contributed by atoms with Gasteiger partial charge in [0.05, 0.1) is 13.2 Å². The summed E-state index contributed by atoms with van der Waals surface area (Å²) in [6, 6.07) is 0. The Balaban J connectivity index is 2.68. The number of nitrogens with zero attached hydrogens (tertiary/aromatic N) is 1. The minimum atomic E-state index is -2.61. The third-order valence-corrected chi connectivity index (χ3v) is 2.60. The molecule has 0 aromatic heterocycles. The maximum absolute atomic E-state index is 12.6. The number of rotatable bonds is 2. The van der Waals surface area contributed by atoms with Crippen molar-refractivity contribution in [3.8, 4) is 0 Å². The van der Waals surface area contributed by atoms with Crippen molar-refractivity contribution in [1.82, 2.24) is 4.90 Å². The summed E-state index contributed by atoms with van der Waals surface area (Å²) in [4.78, 5) is 12.8. The first kappa shape index (κ1) is 12.6. The third-order valence-electron chi connectivity index (χ3n) is 2.41. The molecule has 0 bridgehead atoms. The van der Waals surface area contributed by atoms with Crippen LogP contribution < -0.4 is 0 Å². The topological polar surface area (TPSA) is 29.5 Å². The summed E-state index contributed by atoms with van der Waals surface area (Å²) < 4.78 is 30.3. The molecule has 1 heterocycles. The number of halogens is 3. The van der Waals surface area contributed by atoms with Gasteiger partial charge in [-0.1, -0.05) is 0 Å². The Morgan fingerprint density at radius 3 is 2.67 bits per heavy atom. The minimum Gasteiger partial charge on any atom is -0.366 e. The van der Waals surface area contributed by atoms with Gasteiger partial charge < -0.3 is 9.64 Å². The number of carbonyl (C=O) groups excluding carboxylic acids is 1. The van der Waals surface area contributed by atoms with Crippen molar-refractivity contribution in [1.29, 1.82) is 0 Å². The first-order chi connectivity index (χ1) is 6.87. The Kier molecular flexibility index (Phi) is 3.89. The van der Waals surface area contributed by atoms with Crippen molar-refractivity contribution >= 4 is 17.5 Å². The second-order valence-electron chi connectivity index (χ2n) is 3.84. The summed E-state index contributed by atoms with van der Waals surface area (Å²) in [5, 5.41) is -0.690. The normalized spacial score (nSPS) is 29.3. The number of ether oxygens (including phenoxy) is 1. The molecule has 1 aliphatic rings. The molecule has 1 aliphatic heterocycles. The van der Waals surface area contributed by atoms with E-state index < -0.39 is 17.4 Å². The molecule has 88 valence electrons. The van der Waals surface area contributed by atoms with E-state index in [9.17, 15) is 13.6 Å². The molecule has 1 saturated heterocycles. The SMILES string of the molecule is CC(Cl)C(=O)N1CCOC(C)(C(F)F)C1.